The predicted octanol–water partition coefficient (Wildman–Crippen LogP) is -1.96. The monoisotopic (exact) mass is 478 g/mol. The van der Waals surface area contributed by atoms with E-state index in [2.05, 4.69) is 0 Å². The molecule has 5 N–H and O–H groups in total. The van der Waals surface area contributed by atoms with E-state index in [9.17, 15) is 19.2 Å². The normalized spacial score (nSPS) is 10.6. The Morgan fingerprint density at radius 2 is 1.06 bits per heavy atom. The van der Waals surface area contributed by atoms with E-state index >= 15 is 0 Å². The molecular formula is C18H28N2Na2O10. The molecule has 172 valence electrons. The van der Waals surface area contributed by atoms with Crippen LogP contribution in [0.4, 0.5) is 0 Å². The van der Waals surface area contributed by atoms with Crippen molar-refractivity contribution in [3.05, 3.63) is 30.3 Å². The summed E-state index contributed by atoms with van der Waals surface area (Å²) in [6.07, 6.45) is -0.734. The van der Waals surface area contributed by atoms with Gasteiger partial charge in [0.15, 0.2) is 6.29 Å². The van der Waals surface area contributed by atoms with Crippen molar-refractivity contribution >= 4 is 83.0 Å². The number of aliphatic carboxylic acids is 4. The SMILES string of the molecule is CC(O)Oc1ccccc1.O=C(O)CN(CCN(CC(=O)O)CC(=O)O)CC(=O)O.[NaH].[NaH]. The topological polar surface area (TPSA) is 185 Å². The standard InChI is InChI=1S/C10H16N2O8.C8H10O2.2Na.2H/c13-7(14)3-11(4-8(15)16)1-2-12(5-9(17)18)6-10(19)20;1-7(9)10-8-5-3-2-4-6-8;;;;/h1-6H2,(H,13,14)(H,15,16)(H,17,18)(H,19,20);2-7,9H,1H3;;;;. The summed E-state index contributed by atoms with van der Waals surface area (Å²) >= 11 is 0. The predicted molar refractivity (Wildman–Crippen MR) is 116 cm³/mol. The molecule has 0 aliphatic carbocycles. The fourth-order valence-corrected chi connectivity index (χ4v) is 2.17. The fourth-order valence-electron chi connectivity index (χ4n) is 2.17. The zero-order chi connectivity index (χ0) is 23.1. The first-order valence-corrected chi connectivity index (χ1v) is 8.71. The molecular weight excluding hydrogens is 450 g/mol. The van der Waals surface area contributed by atoms with Gasteiger partial charge in [-0.05, 0) is 19.1 Å². The van der Waals surface area contributed by atoms with Gasteiger partial charge in [-0.2, -0.15) is 0 Å². The zero-order valence-corrected chi connectivity index (χ0v) is 16.4. The van der Waals surface area contributed by atoms with E-state index in [1.807, 2.05) is 18.2 Å². The average molecular weight is 478 g/mol. The Labute approximate surface area is 229 Å². The molecule has 0 saturated carbocycles. The molecule has 1 atom stereocenters. The van der Waals surface area contributed by atoms with Crippen LogP contribution in [0.15, 0.2) is 30.3 Å². The van der Waals surface area contributed by atoms with Gasteiger partial charge in [-0.3, -0.25) is 29.0 Å². The number of carboxylic acids is 4. The molecule has 1 unspecified atom stereocenters. The minimum absolute atomic E-state index is 0. The van der Waals surface area contributed by atoms with Gasteiger partial charge < -0.3 is 30.3 Å². The number of hydrogen-bond donors (Lipinski definition) is 5. The van der Waals surface area contributed by atoms with Crippen LogP contribution in [0.25, 0.3) is 0 Å². The maximum absolute atomic E-state index is 10.6. The Bertz CT molecular complexity index is 624. The number of carboxylic acid groups (broad SMARTS) is 4. The summed E-state index contributed by atoms with van der Waals surface area (Å²) in [5, 5.41) is 43.2. The second kappa shape index (κ2) is 20.4. The van der Waals surface area contributed by atoms with Gasteiger partial charge in [0.1, 0.15) is 5.75 Å². The molecule has 0 fully saturated rings. The number of benzene rings is 1. The van der Waals surface area contributed by atoms with Gasteiger partial charge in [0.2, 0.25) is 0 Å². The van der Waals surface area contributed by atoms with Crippen molar-refractivity contribution in [2.24, 2.45) is 0 Å². The fraction of sp³-hybridized carbons (Fsp3) is 0.444. The van der Waals surface area contributed by atoms with Crippen LogP contribution in [0, 0.1) is 0 Å². The van der Waals surface area contributed by atoms with Gasteiger partial charge in [-0.25, -0.2) is 0 Å². The summed E-state index contributed by atoms with van der Waals surface area (Å²) in [5.74, 6) is -4.22. The summed E-state index contributed by atoms with van der Waals surface area (Å²) in [6, 6.07) is 9.21. The number of aliphatic hydroxyl groups excluding tert-OH is 1. The first-order chi connectivity index (χ1) is 14.0. The average Bonchev–Trinajstić information content (AvgIpc) is 2.58. The first kappa shape index (κ1) is 35.4. The molecule has 0 amide bonds. The second-order valence-electron chi connectivity index (χ2n) is 6.03. The molecule has 0 spiro atoms. The Morgan fingerprint density at radius 3 is 1.31 bits per heavy atom. The van der Waals surface area contributed by atoms with E-state index in [0.29, 0.717) is 5.75 Å². The van der Waals surface area contributed by atoms with Gasteiger partial charge in [-0.1, -0.05) is 18.2 Å². The Kier molecular flexibility index (Phi) is 22.5. The van der Waals surface area contributed by atoms with E-state index in [-0.39, 0.29) is 72.2 Å². The van der Waals surface area contributed by atoms with Crippen LogP contribution in [0.2, 0.25) is 0 Å². The van der Waals surface area contributed by atoms with Crippen LogP contribution in [-0.4, -0.2) is 164 Å². The van der Waals surface area contributed by atoms with Gasteiger partial charge in [0.25, 0.3) is 0 Å². The molecule has 0 radical (unpaired) electrons. The molecule has 0 bridgehead atoms. The molecule has 0 aliphatic rings. The van der Waals surface area contributed by atoms with E-state index in [1.165, 1.54) is 0 Å². The molecule has 1 rings (SSSR count). The number of aliphatic hydroxyl groups is 1. The summed E-state index contributed by atoms with van der Waals surface area (Å²) in [5.41, 5.74) is 0. The molecule has 0 saturated heterocycles. The third kappa shape index (κ3) is 22.0. The number of ether oxygens (including phenoxy) is 1. The maximum atomic E-state index is 10.6. The molecule has 1 aromatic rings. The van der Waals surface area contributed by atoms with Crippen molar-refractivity contribution in [3.8, 4) is 5.75 Å². The zero-order valence-electron chi connectivity index (χ0n) is 16.4. The van der Waals surface area contributed by atoms with Gasteiger partial charge in [0.05, 0.1) is 26.2 Å². The second-order valence-corrected chi connectivity index (χ2v) is 6.03. The van der Waals surface area contributed by atoms with E-state index < -0.39 is 56.3 Å². The van der Waals surface area contributed by atoms with Crippen LogP contribution >= 0.6 is 0 Å². The van der Waals surface area contributed by atoms with Crippen molar-refractivity contribution in [2.45, 2.75) is 13.2 Å². The van der Waals surface area contributed by atoms with E-state index in [4.69, 9.17) is 30.3 Å². The molecule has 12 nitrogen and oxygen atoms in total. The van der Waals surface area contributed by atoms with Crippen molar-refractivity contribution in [1.29, 1.82) is 0 Å². The van der Waals surface area contributed by atoms with Crippen molar-refractivity contribution in [3.63, 3.8) is 0 Å². The van der Waals surface area contributed by atoms with Crippen LogP contribution in [0.3, 0.4) is 0 Å². The Balaban J connectivity index is -0.000000591. The van der Waals surface area contributed by atoms with Crippen molar-refractivity contribution in [1.82, 2.24) is 9.80 Å². The van der Waals surface area contributed by atoms with Gasteiger partial charge in [0, 0.05) is 13.1 Å². The third-order valence-corrected chi connectivity index (χ3v) is 3.22. The van der Waals surface area contributed by atoms with E-state index in [0.717, 1.165) is 9.80 Å². The molecule has 14 heteroatoms. The van der Waals surface area contributed by atoms with Crippen LogP contribution < -0.4 is 4.74 Å². The first-order valence-electron chi connectivity index (χ1n) is 8.71. The van der Waals surface area contributed by atoms with Crippen molar-refractivity contribution < 1.29 is 49.4 Å². The number of rotatable bonds is 13. The molecule has 0 aliphatic heterocycles. The Hall–Kier alpha value is -1.22. The third-order valence-electron chi connectivity index (χ3n) is 3.22. The molecule has 32 heavy (non-hydrogen) atoms. The van der Waals surface area contributed by atoms with Crippen molar-refractivity contribution in [2.75, 3.05) is 39.3 Å². The number of para-hydroxylation sites is 1. The van der Waals surface area contributed by atoms with Crippen LogP contribution in [0.5, 0.6) is 5.75 Å². The number of nitrogens with zero attached hydrogens (tertiary/aromatic N) is 2. The summed E-state index contributed by atoms with van der Waals surface area (Å²) < 4.78 is 4.97. The molecule has 0 heterocycles. The number of carbonyl (C=O) groups is 4. The summed E-state index contributed by atoms with van der Waals surface area (Å²) in [6.45, 7) is -0.674. The quantitative estimate of drug-likeness (QED) is 0.156. The Morgan fingerprint density at radius 1 is 0.750 bits per heavy atom. The van der Waals surface area contributed by atoms with Crippen LogP contribution in [0.1, 0.15) is 6.92 Å². The van der Waals surface area contributed by atoms with Gasteiger partial charge >= 0.3 is 83.0 Å². The summed E-state index contributed by atoms with van der Waals surface area (Å²) in [4.78, 5) is 44.4. The van der Waals surface area contributed by atoms with Crippen LogP contribution in [-0.2, 0) is 19.2 Å². The number of hydrogen-bond acceptors (Lipinski definition) is 8. The summed E-state index contributed by atoms with van der Waals surface area (Å²) in [7, 11) is 0. The van der Waals surface area contributed by atoms with Gasteiger partial charge in [-0.15, -0.1) is 0 Å². The molecule has 1 aromatic carbocycles. The minimum atomic E-state index is -1.23. The molecule has 0 aromatic heterocycles. The van der Waals surface area contributed by atoms with E-state index in [1.54, 1.807) is 19.1 Å².